The molecule has 0 aliphatic heterocycles. The highest BCUT2D eigenvalue weighted by molar-refractivity contribution is 6.29. The topological polar surface area (TPSA) is 76.9 Å². The number of aromatic nitrogens is 4. The molecule has 0 radical (unpaired) electrons. The van der Waals surface area contributed by atoms with Crippen molar-refractivity contribution in [2.75, 3.05) is 24.7 Å². The molecule has 8 heteroatoms. The highest BCUT2D eigenvalue weighted by atomic mass is 35.5. The van der Waals surface area contributed by atoms with Gasteiger partial charge >= 0.3 is 0 Å². The zero-order valence-corrected chi connectivity index (χ0v) is 18.1. The molecule has 2 aromatic heterocycles. The van der Waals surface area contributed by atoms with E-state index in [-0.39, 0.29) is 5.92 Å². The van der Waals surface area contributed by atoms with Crippen LogP contribution < -0.4 is 15.4 Å². The summed E-state index contributed by atoms with van der Waals surface area (Å²) >= 11 is 5.96. The molecule has 1 aliphatic rings. The summed E-state index contributed by atoms with van der Waals surface area (Å²) in [6, 6.07) is 15.6. The number of nitrogens with one attached hydrogen (secondary N) is 2. The van der Waals surface area contributed by atoms with Crippen molar-refractivity contribution in [3.8, 4) is 11.4 Å². The molecular formula is C24H23ClN6O. The number of benzene rings is 2. The third kappa shape index (κ3) is 3.76. The van der Waals surface area contributed by atoms with E-state index in [1.807, 2.05) is 36.4 Å². The number of methoxy groups -OCH3 is 1. The lowest BCUT2D eigenvalue weighted by atomic mass is 9.97. The van der Waals surface area contributed by atoms with E-state index >= 15 is 0 Å². The van der Waals surface area contributed by atoms with Gasteiger partial charge in [0.15, 0.2) is 0 Å². The van der Waals surface area contributed by atoms with Crippen LogP contribution in [0.5, 0.6) is 5.75 Å². The minimum atomic E-state index is -2.37. The first-order valence-electron chi connectivity index (χ1n) is 11.7. The third-order valence-electron chi connectivity index (χ3n) is 5.64. The molecule has 4 aromatic rings. The van der Waals surface area contributed by atoms with Gasteiger partial charge in [-0.05, 0) is 30.5 Å². The van der Waals surface area contributed by atoms with Gasteiger partial charge in [-0.2, -0.15) is 4.98 Å². The van der Waals surface area contributed by atoms with Crippen LogP contribution in [0.2, 0.25) is 5.15 Å². The van der Waals surface area contributed by atoms with Crippen LogP contribution in [0.1, 0.15) is 33.3 Å². The first-order chi connectivity index (χ1) is 16.8. The molecule has 0 amide bonds. The van der Waals surface area contributed by atoms with E-state index in [1.165, 1.54) is 0 Å². The highest BCUT2D eigenvalue weighted by Crippen LogP contribution is 2.40. The Morgan fingerprint density at radius 2 is 2.06 bits per heavy atom. The Hall–Kier alpha value is -3.58. The lowest BCUT2D eigenvalue weighted by Crippen LogP contribution is -2.08. The molecule has 5 rings (SSSR count). The number of anilines is 3. The molecule has 0 saturated heterocycles. The molecule has 2 aromatic carbocycles. The maximum absolute atomic E-state index is 7.71. The Kier molecular flexibility index (Phi) is 4.53. The Labute approximate surface area is 195 Å². The van der Waals surface area contributed by atoms with E-state index in [4.69, 9.17) is 25.4 Å². The van der Waals surface area contributed by atoms with Gasteiger partial charge in [-0.1, -0.05) is 41.9 Å². The predicted octanol–water partition coefficient (Wildman–Crippen LogP) is 5.19. The Balaban J connectivity index is 1.52. The first-order valence-corrected chi connectivity index (χ1v) is 10.6. The number of nitrogens with zero attached hydrogens (tertiary/aromatic N) is 4. The maximum atomic E-state index is 7.71. The number of imidazole rings is 1. The summed E-state index contributed by atoms with van der Waals surface area (Å²) < 4.78 is 30.4. The molecule has 0 bridgehead atoms. The zero-order valence-electron chi connectivity index (χ0n) is 20.3. The average Bonchev–Trinajstić information content (AvgIpc) is 3.45. The Morgan fingerprint density at radius 1 is 1.19 bits per heavy atom. The van der Waals surface area contributed by atoms with Crippen LogP contribution in [-0.2, 0) is 6.42 Å². The molecule has 32 heavy (non-hydrogen) atoms. The van der Waals surface area contributed by atoms with E-state index in [1.54, 1.807) is 24.2 Å². The summed E-state index contributed by atoms with van der Waals surface area (Å²) in [5.41, 5.74) is 4.26. The molecule has 0 spiro atoms. The predicted molar refractivity (Wildman–Crippen MR) is 127 cm³/mol. The molecule has 1 aliphatic carbocycles. The second kappa shape index (κ2) is 8.51. The smallest absolute Gasteiger partial charge is 0.229 e. The van der Waals surface area contributed by atoms with E-state index < -0.39 is 6.98 Å². The van der Waals surface area contributed by atoms with Crippen LogP contribution in [0.4, 0.5) is 17.5 Å². The number of fused-ring (bicyclic) bond motifs is 1. The lowest BCUT2D eigenvalue weighted by Gasteiger charge is -2.16. The largest absolute Gasteiger partial charge is 0.494 e. The van der Waals surface area contributed by atoms with Crippen LogP contribution in [-0.4, -0.2) is 33.6 Å². The van der Waals surface area contributed by atoms with Crippen molar-refractivity contribution in [1.29, 1.82) is 0 Å². The Bertz CT molecular complexity index is 1360. The van der Waals surface area contributed by atoms with Crippen molar-refractivity contribution >= 4 is 29.1 Å². The van der Waals surface area contributed by atoms with Crippen molar-refractivity contribution in [1.82, 2.24) is 19.5 Å². The van der Waals surface area contributed by atoms with Gasteiger partial charge in [0.1, 0.15) is 23.0 Å². The molecule has 1 unspecified atom stereocenters. The van der Waals surface area contributed by atoms with Gasteiger partial charge < -0.3 is 19.9 Å². The second-order valence-corrected chi connectivity index (χ2v) is 7.89. The van der Waals surface area contributed by atoms with Crippen molar-refractivity contribution in [3.63, 3.8) is 0 Å². The van der Waals surface area contributed by atoms with Gasteiger partial charge in [-0.3, -0.25) is 0 Å². The molecule has 162 valence electrons. The molecule has 7 nitrogen and oxygen atoms in total. The van der Waals surface area contributed by atoms with E-state index in [0.717, 1.165) is 28.9 Å². The number of ether oxygens (including phenoxy) is 1. The van der Waals surface area contributed by atoms with E-state index in [2.05, 4.69) is 32.7 Å². The molecule has 0 fully saturated rings. The maximum Gasteiger partial charge on any atom is 0.229 e. The molecular weight excluding hydrogens is 424 g/mol. The van der Waals surface area contributed by atoms with Gasteiger partial charge in [0.2, 0.25) is 5.95 Å². The lowest BCUT2D eigenvalue weighted by molar-refractivity contribution is 0.413. The fourth-order valence-corrected chi connectivity index (χ4v) is 4.31. The summed E-state index contributed by atoms with van der Waals surface area (Å²) in [5, 5.41) is 6.19. The number of rotatable bonds is 6. The SMILES string of the molecule is [2H]C([2H])([2H])Nc1nc(Nc2ccc(-n3cnc(Cl)c3)c(OC)c2)nc2c1CCC2c1ccccc1. The van der Waals surface area contributed by atoms with Gasteiger partial charge in [-0.15, -0.1) is 0 Å². The van der Waals surface area contributed by atoms with Crippen LogP contribution in [0.25, 0.3) is 5.69 Å². The fourth-order valence-electron chi connectivity index (χ4n) is 4.16. The van der Waals surface area contributed by atoms with Gasteiger partial charge in [-0.25, -0.2) is 9.97 Å². The number of hydrogen-bond acceptors (Lipinski definition) is 6. The monoisotopic (exact) mass is 449 g/mol. The quantitative estimate of drug-likeness (QED) is 0.422. The summed E-state index contributed by atoms with van der Waals surface area (Å²) in [7, 11) is 1.58. The third-order valence-corrected chi connectivity index (χ3v) is 5.83. The Morgan fingerprint density at radius 3 is 2.81 bits per heavy atom. The molecule has 2 heterocycles. The van der Waals surface area contributed by atoms with Crippen molar-refractivity contribution < 1.29 is 8.85 Å². The van der Waals surface area contributed by atoms with Crippen LogP contribution >= 0.6 is 11.6 Å². The fraction of sp³-hybridized carbons (Fsp3) is 0.208. The van der Waals surface area contributed by atoms with Crippen molar-refractivity contribution in [2.45, 2.75) is 18.8 Å². The minimum absolute atomic E-state index is 0.0646. The first kappa shape index (κ1) is 17.0. The van der Waals surface area contributed by atoms with E-state index in [0.29, 0.717) is 34.8 Å². The summed E-state index contributed by atoms with van der Waals surface area (Å²) in [6.07, 6.45) is 4.83. The summed E-state index contributed by atoms with van der Waals surface area (Å²) in [6.45, 7) is -2.37. The number of hydrogen-bond donors (Lipinski definition) is 2. The van der Waals surface area contributed by atoms with Gasteiger partial charge in [0.25, 0.3) is 0 Å². The standard InChI is InChI=1S/C24H23ClN6O/c1-26-23-18-10-9-17(15-6-4-3-5-7-15)22(18)29-24(30-23)28-16-8-11-19(20(12-16)32-2)31-13-21(25)27-14-31/h3-8,11-14,17H,9-10H2,1-2H3,(H2,26,28,29,30)/i1D3. The van der Waals surface area contributed by atoms with Crippen LogP contribution in [0.3, 0.4) is 0 Å². The van der Waals surface area contributed by atoms with Gasteiger partial charge in [0.05, 0.1) is 18.5 Å². The van der Waals surface area contributed by atoms with E-state index in [9.17, 15) is 0 Å². The van der Waals surface area contributed by atoms with Crippen LogP contribution in [0, 0.1) is 0 Å². The van der Waals surface area contributed by atoms with Crippen molar-refractivity contribution in [3.05, 3.63) is 83.0 Å². The molecule has 0 saturated carbocycles. The minimum Gasteiger partial charge on any atom is -0.494 e. The number of halogens is 1. The van der Waals surface area contributed by atoms with Crippen LogP contribution in [0.15, 0.2) is 61.1 Å². The van der Waals surface area contributed by atoms with Gasteiger partial charge in [0, 0.05) is 40.5 Å². The average molecular weight is 450 g/mol. The molecule has 2 N–H and O–H groups in total. The zero-order chi connectivity index (χ0) is 24.6. The second-order valence-electron chi connectivity index (χ2n) is 7.50. The molecule has 1 atom stereocenters. The summed E-state index contributed by atoms with van der Waals surface area (Å²) in [4.78, 5) is 13.4. The highest BCUT2D eigenvalue weighted by Gasteiger charge is 2.29. The normalized spacial score (nSPS) is 16.6. The van der Waals surface area contributed by atoms with Crippen molar-refractivity contribution in [2.24, 2.45) is 0 Å². The summed E-state index contributed by atoms with van der Waals surface area (Å²) in [5.74, 6) is 1.29.